The molecule has 0 radical (unpaired) electrons. The van der Waals surface area contributed by atoms with E-state index in [4.69, 9.17) is 4.74 Å². The molecular formula is C25H26N4O2. The van der Waals surface area contributed by atoms with Crippen LogP contribution in [0.1, 0.15) is 27.5 Å². The first-order chi connectivity index (χ1) is 15.2. The van der Waals surface area contributed by atoms with Crippen LogP contribution in [0, 0.1) is 18.8 Å². The van der Waals surface area contributed by atoms with E-state index in [0.717, 1.165) is 24.6 Å². The lowest BCUT2D eigenvalue weighted by Crippen LogP contribution is -2.36. The molecule has 2 aliphatic heterocycles. The van der Waals surface area contributed by atoms with E-state index in [9.17, 15) is 4.79 Å². The number of aryl methyl sites for hydroxylation is 1. The van der Waals surface area contributed by atoms with Gasteiger partial charge in [0.05, 0.1) is 18.7 Å². The molecule has 2 aromatic carbocycles. The number of rotatable bonds is 4. The molecule has 0 N–H and O–H groups in total. The Labute approximate surface area is 182 Å². The van der Waals surface area contributed by atoms with Crippen molar-refractivity contribution in [2.75, 3.05) is 31.6 Å². The first-order valence-electron chi connectivity index (χ1n) is 10.7. The Hall–Kier alpha value is -3.41. The average molecular weight is 415 g/mol. The van der Waals surface area contributed by atoms with Crippen molar-refractivity contribution in [2.45, 2.75) is 13.0 Å². The number of aromatic nitrogens is 2. The van der Waals surface area contributed by atoms with Crippen LogP contribution in [0.5, 0.6) is 5.75 Å². The molecule has 3 atom stereocenters. The van der Waals surface area contributed by atoms with Crippen molar-refractivity contribution in [3.05, 3.63) is 83.7 Å². The molecule has 6 nitrogen and oxygen atoms in total. The molecule has 5 rings (SSSR count). The molecule has 3 aromatic rings. The number of carbonyl (C=O) groups excluding carboxylic acids is 1. The van der Waals surface area contributed by atoms with Crippen LogP contribution in [0.2, 0.25) is 0 Å². The Kier molecular flexibility index (Phi) is 5.06. The number of nitrogens with zero attached hydrogens (tertiary/aromatic N) is 4. The first kappa shape index (κ1) is 19.5. The van der Waals surface area contributed by atoms with Crippen molar-refractivity contribution in [1.29, 1.82) is 0 Å². The van der Waals surface area contributed by atoms with Crippen LogP contribution in [0.4, 0.5) is 5.95 Å². The predicted octanol–water partition coefficient (Wildman–Crippen LogP) is 3.74. The number of fused-ring (bicyclic) bond motifs is 1. The standard InChI is InChI=1S/C25H26N4O2/c1-17-8-6-11-20(23(17)31-2)24(30)29-15-19-14-28(25-26-12-7-13-27-25)16-21(19)22(29)18-9-4-3-5-10-18/h3-13,19,21-22H,14-16H2,1-2H3/t19-,21-,22+/m0/s1. The number of ether oxygens (including phenoxy) is 1. The minimum absolute atomic E-state index is 0.0117. The van der Waals surface area contributed by atoms with E-state index >= 15 is 0 Å². The molecule has 0 saturated carbocycles. The number of para-hydroxylation sites is 1. The van der Waals surface area contributed by atoms with E-state index in [1.54, 1.807) is 19.5 Å². The number of anilines is 1. The van der Waals surface area contributed by atoms with Crippen molar-refractivity contribution < 1.29 is 9.53 Å². The maximum atomic E-state index is 13.8. The highest BCUT2D eigenvalue weighted by Gasteiger charge is 2.50. The number of methoxy groups -OCH3 is 1. The fourth-order valence-corrected chi connectivity index (χ4v) is 5.20. The Bertz CT molecular complexity index is 1070. The SMILES string of the molecule is COc1c(C)cccc1C(=O)N1C[C@@H]2CN(c3ncccn3)C[C@@H]2[C@H]1c1ccccc1. The lowest BCUT2D eigenvalue weighted by atomic mass is 9.89. The van der Waals surface area contributed by atoms with Crippen LogP contribution >= 0.6 is 0 Å². The van der Waals surface area contributed by atoms with Crippen LogP contribution < -0.4 is 9.64 Å². The van der Waals surface area contributed by atoms with Gasteiger partial charge < -0.3 is 14.5 Å². The Balaban J connectivity index is 1.49. The van der Waals surface area contributed by atoms with Gasteiger partial charge in [-0.3, -0.25) is 4.79 Å². The van der Waals surface area contributed by atoms with E-state index in [1.807, 2.05) is 54.3 Å². The molecule has 3 heterocycles. The third-order valence-electron chi connectivity index (χ3n) is 6.55. The van der Waals surface area contributed by atoms with Crippen molar-refractivity contribution in [3.8, 4) is 5.75 Å². The van der Waals surface area contributed by atoms with E-state index in [2.05, 4.69) is 27.0 Å². The molecule has 158 valence electrons. The Morgan fingerprint density at radius 3 is 2.48 bits per heavy atom. The van der Waals surface area contributed by atoms with Gasteiger partial charge in [0.25, 0.3) is 5.91 Å². The summed E-state index contributed by atoms with van der Waals surface area (Å²) in [6.45, 7) is 4.37. The molecule has 0 spiro atoms. The first-order valence-corrected chi connectivity index (χ1v) is 10.7. The normalized spacial score (nSPS) is 22.5. The zero-order valence-electron chi connectivity index (χ0n) is 17.8. The van der Waals surface area contributed by atoms with Gasteiger partial charge in [0, 0.05) is 43.9 Å². The molecule has 2 aliphatic rings. The van der Waals surface area contributed by atoms with Gasteiger partial charge in [0.15, 0.2) is 0 Å². The highest BCUT2D eigenvalue weighted by atomic mass is 16.5. The van der Waals surface area contributed by atoms with E-state index in [-0.39, 0.29) is 11.9 Å². The Morgan fingerprint density at radius 1 is 0.968 bits per heavy atom. The predicted molar refractivity (Wildman–Crippen MR) is 119 cm³/mol. The van der Waals surface area contributed by atoms with Crippen LogP contribution in [0.25, 0.3) is 0 Å². The van der Waals surface area contributed by atoms with Crippen molar-refractivity contribution in [2.24, 2.45) is 11.8 Å². The van der Waals surface area contributed by atoms with Gasteiger partial charge in [0.2, 0.25) is 5.95 Å². The molecule has 0 bridgehead atoms. The zero-order chi connectivity index (χ0) is 21.4. The fourth-order valence-electron chi connectivity index (χ4n) is 5.20. The average Bonchev–Trinajstić information content (AvgIpc) is 3.38. The minimum atomic E-state index is 0.0117. The largest absolute Gasteiger partial charge is 0.496 e. The van der Waals surface area contributed by atoms with Crippen LogP contribution in [-0.4, -0.2) is 47.5 Å². The number of benzene rings is 2. The topological polar surface area (TPSA) is 58.6 Å². The molecule has 2 fully saturated rings. The van der Waals surface area contributed by atoms with E-state index < -0.39 is 0 Å². The highest BCUT2D eigenvalue weighted by molar-refractivity contribution is 5.98. The summed E-state index contributed by atoms with van der Waals surface area (Å²) in [5, 5.41) is 0. The Morgan fingerprint density at radius 2 is 1.74 bits per heavy atom. The molecule has 0 unspecified atom stereocenters. The van der Waals surface area contributed by atoms with Gasteiger partial charge in [-0.25, -0.2) is 9.97 Å². The number of hydrogen-bond donors (Lipinski definition) is 0. The van der Waals surface area contributed by atoms with Gasteiger partial charge in [-0.2, -0.15) is 0 Å². The third kappa shape index (κ3) is 3.42. The van der Waals surface area contributed by atoms with Gasteiger partial charge in [-0.15, -0.1) is 0 Å². The second-order valence-corrected chi connectivity index (χ2v) is 8.35. The molecule has 2 saturated heterocycles. The van der Waals surface area contributed by atoms with Gasteiger partial charge in [-0.1, -0.05) is 42.5 Å². The molecule has 31 heavy (non-hydrogen) atoms. The molecule has 1 aromatic heterocycles. The molecule has 6 heteroatoms. The monoisotopic (exact) mass is 414 g/mol. The second-order valence-electron chi connectivity index (χ2n) is 8.35. The van der Waals surface area contributed by atoms with Crippen LogP contribution in [0.3, 0.4) is 0 Å². The minimum Gasteiger partial charge on any atom is -0.496 e. The maximum Gasteiger partial charge on any atom is 0.258 e. The number of hydrogen-bond acceptors (Lipinski definition) is 5. The van der Waals surface area contributed by atoms with E-state index in [0.29, 0.717) is 29.7 Å². The van der Waals surface area contributed by atoms with Crippen molar-refractivity contribution >= 4 is 11.9 Å². The molecule has 0 aliphatic carbocycles. The second kappa shape index (κ2) is 8.02. The fraction of sp³-hybridized carbons (Fsp3) is 0.320. The van der Waals surface area contributed by atoms with E-state index in [1.165, 1.54) is 5.56 Å². The summed E-state index contributed by atoms with van der Waals surface area (Å²) < 4.78 is 5.59. The van der Waals surface area contributed by atoms with Gasteiger partial charge in [0.1, 0.15) is 5.75 Å². The summed E-state index contributed by atoms with van der Waals surface area (Å²) in [6.07, 6.45) is 3.57. The lowest BCUT2D eigenvalue weighted by molar-refractivity contribution is 0.0712. The van der Waals surface area contributed by atoms with Crippen LogP contribution in [0.15, 0.2) is 67.0 Å². The van der Waals surface area contributed by atoms with Crippen molar-refractivity contribution in [3.63, 3.8) is 0 Å². The molecular weight excluding hydrogens is 388 g/mol. The smallest absolute Gasteiger partial charge is 0.258 e. The summed E-state index contributed by atoms with van der Waals surface area (Å²) in [4.78, 5) is 26.9. The van der Waals surface area contributed by atoms with Crippen molar-refractivity contribution in [1.82, 2.24) is 14.9 Å². The quantitative estimate of drug-likeness (QED) is 0.651. The van der Waals surface area contributed by atoms with Gasteiger partial charge in [-0.05, 0) is 30.2 Å². The third-order valence-corrected chi connectivity index (χ3v) is 6.55. The number of amides is 1. The van der Waals surface area contributed by atoms with Gasteiger partial charge >= 0.3 is 0 Å². The lowest BCUT2D eigenvalue weighted by Gasteiger charge is -2.30. The van der Waals surface area contributed by atoms with Crippen LogP contribution in [-0.2, 0) is 0 Å². The summed E-state index contributed by atoms with van der Waals surface area (Å²) in [7, 11) is 1.63. The summed E-state index contributed by atoms with van der Waals surface area (Å²) in [5.41, 5.74) is 2.77. The highest BCUT2D eigenvalue weighted by Crippen LogP contribution is 2.46. The molecule has 1 amide bonds. The summed E-state index contributed by atoms with van der Waals surface area (Å²) >= 11 is 0. The summed E-state index contributed by atoms with van der Waals surface area (Å²) in [6, 6.07) is 18.0. The number of carbonyl (C=O) groups is 1. The maximum absolute atomic E-state index is 13.8. The zero-order valence-corrected chi connectivity index (χ0v) is 17.8. The number of likely N-dealkylation sites (tertiary alicyclic amines) is 1. The summed E-state index contributed by atoms with van der Waals surface area (Å²) in [5.74, 6) is 2.16.